The van der Waals surface area contributed by atoms with Crippen molar-refractivity contribution in [3.63, 3.8) is 0 Å². The molecule has 2 heteroatoms. The summed E-state index contributed by atoms with van der Waals surface area (Å²) in [6.45, 7) is 2.03. The van der Waals surface area contributed by atoms with Crippen LogP contribution >= 0.6 is 0 Å². The first kappa shape index (κ1) is 6.47. The third-order valence-corrected chi connectivity index (χ3v) is 1.03. The van der Waals surface area contributed by atoms with Gasteiger partial charge in [-0.25, -0.2) is 0 Å². The van der Waals surface area contributed by atoms with Gasteiger partial charge >= 0.3 is 0 Å². The van der Waals surface area contributed by atoms with Gasteiger partial charge < -0.3 is 0 Å². The zero-order valence-electron chi connectivity index (χ0n) is 5.45. The van der Waals surface area contributed by atoms with E-state index in [0.29, 0.717) is 0 Å². The van der Waals surface area contributed by atoms with Crippen LogP contribution in [0.1, 0.15) is 6.92 Å². The topological polar surface area (TPSA) is 15.0 Å². The van der Waals surface area contributed by atoms with E-state index in [1.165, 1.54) is 5.84 Å². The maximum atomic E-state index is 3.01. The number of nitrogens with zero attached hydrogens (tertiary/aromatic N) is 1. The Bertz CT molecular complexity index is 80.1. The van der Waals surface area contributed by atoms with Crippen LogP contribution in [0.5, 0.6) is 0 Å². The van der Waals surface area contributed by atoms with Crippen LogP contribution in [0.25, 0.3) is 0 Å². The summed E-state index contributed by atoms with van der Waals surface area (Å²) >= 11 is 0. The van der Waals surface area contributed by atoms with Crippen molar-refractivity contribution in [2.75, 3.05) is 21.1 Å². The second-order valence-corrected chi connectivity index (χ2v) is 1.73. The van der Waals surface area contributed by atoms with E-state index in [9.17, 15) is 0 Å². The molecule has 0 aliphatic heterocycles. The summed E-state index contributed by atoms with van der Waals surface area (Å²) in [6, 6.07) is 0. The monoisotopic (exact) mass is 101 g/mol. The van der Waals surface area contributed by atoms with Crippen molar-refractivity contribution >= 4 is 5.84 Å². The lowest BCUT2D eigenvalue weighted by Crippen LogP contribution is -2.23. The summed E-state index contributed by atoms with van der Waals surface area (Å²) < 4.78 is 2.03. The van der Waals surface area contributed by atoms with Gasteiger partial charge in [0, 0.05) is 6.92 Å². The Morgan fingerprint density at radius 1 is 1.43 bits per heavy atom. The molecule has 0 bridgehead atoms. The maximum Gasteiger partial charge on any atom is 0.240 e. The van der Waals surface area contributed by atoms with Gasteiger partial charge in [0.25, 0.3) is 0 Å². The van der Waals surface area contributed by atoms with Crippen LogP contribution in [0.3, 0.4) is 0 Å². The number of amidine groups is 1. The molecule has 7 heavy (non-hydrogen) atoms. The molecule has 0 aliphatic rings. The van der Waals surface area contributed by atoms with Gasteiger partial charge in [-0.05, 0) is 0 Å². The first-order valence-corrected chi connectivity index (χ1v) is 2.37. The lowest BCUT2D eigenvalue weighted by atomic mass is 10.6. The number of nitrogens with one attached hydrogen (secondary N) is 1. The quantitative estimate of drug-likeness (QED) is 0.256. The Balaban J connectivity index is 3.72. The van der Waals surface area contributed by atoms with E-state index < -0.39 is 0 Å². The van der Waals surface area contributed by atoms with Crippen LogP contribution in [-0.4, -0.2) is 31.6 Å². The van der Waals surface area contributed by atoms with E-state index in [1.54, 1.807) is 0 Å². The minimum absolute atomic E-state index is 1.18. The number of hydrogen-bond donors (Lipinski definition) is 1. The van der Waals surface area contributed by atoms with E-state index in [4.69, 9.17) is 0 Å². The predicted molar refractivity (Wildman–Crippen MR) is 31.8 cm³/mol. The Morgan fingerprint density at radius 3 is 1.86 bits per heavy atom. The minimum atomic E-state index is 1.18. The maximum absolute atomic E-state index is 3.01. The Kier molecular flexibility index (Phi) is 2.41. The average Bonchev–Trinajstić information content (AvgIpc) is 1.65. The summed E-state index contributed by atoms with van der Waals surface area (Å²) in [7, 11) is 5.92. The third-order valence-electron chi connectivity index (χ3n) is 1.03. The highest BCUT2D eigenvalue weighted by Crippen LogP contribution is 1.60. The smallest absolute Gasteiger partial charge is 0.240 e. The molecule has 1 N–H and O–H groups in total. The Labute approximate surface area is 44.9 Å². The molecule has 0 aromatic heterocycles. The average molecular weight is 101 g/mol. The van der Waals surface area contributed by atoms with Crippen LogP contribution in [0.2, 0.25) is 0 Å². The lowest BCUT2D eigenvalue weighted by Gasteiger charge is -1.92. The molecule has 42 valence electrons. The fourth-order valence-corrected chi connectivity index (χ4v) is 0.224. The van der Waals surface area contributed by atoms with Crippen molar-refractivity contribution in [3.05, 3.63) is 0 Å². The van der Waals surface area contributed by atoms with Gasteiger partial charge in [-0.3, -0.25) is 9.89 Å². The molecule has 0 radical (unpaired) electrons. The molecule has 0 aromatic carbocycles. The molecular formula is C5H13N2+. The molecule has 0 saturated heterocycles. The van der Waals surface area contributed by atoms with Crippen molar-refractivity contribution < 1.29 is 4.58 Å². The van der Waals surface area contributed by atoms with Gasteiger partial charge in [0.05, 0.1) is 21.1 Å². The molecule has 0 saturated carbocycles. The van der Waals surface area contributed by atoms with Crippen molar-refractivity contribution in [2.24, 2.45) is 0 Å². The highest BCUT2D eigenvalue weighted by Gasteiger charge is 1.88. The van der Waals surface area contributed by atoms with E-state index in [2.05, 4.69) is 5.32 Å². The van der Waals surface area contributed by atoms with Crippen molar-refractivity contribution in [2.45, 2.75) is 6.92 Å². The normalized spacial score (nSPS) is 8.00. The Morgan fingerprint density at radius 2 is 1.86 bits per heavy atom. The van der Waals surface area contributed by atoms with E-state index in [0.717, 1.165) is 0 Å². The zero-order valence-corrected chi connectivity index (χ0v) is 5.45. The van der Waals surface area contributed by atoms with Crippen LogP contribution < -0.4 is 5.32 Å². The second kappa shape index (κ2) is 2.61. The molecule has 0 rings (SSSR count). The molecule has 0 aromatic rings. The summed E-state index contributed by atoms with van der Waals surface area (Å²) in [4.78, 5) is 0. The Hall–Kier alpha value is -0.530. The number of hydrogen-bond acceptors (Lipinski definition) is 0. The van der Waals surface area contributed by atoms with Crippen molar-refractivity contribution in [3.8, 4) is 0 Å². The van der Waals surface area contributed by atoms with Crippen molar-refractivity contribution in [1.82, 2.24) is 5.32 Å². The highest BCUT2D eigenvalue weighted by molar-refractivity contribution is 5.73. The van der Waals surface area contributed by atoms with Crippen LogP contribution in [0, 0.1) is 0 Å². The summed E-state index contributed by atoms with van der Waals surface area (Å²) in [6.07, 6.45) is 0. The molecular weight excluding hydrogens is 88.1 g/mol. The van der Waals surface area contributed by atoms with E-state index in [1.807, 2.05) is 32.6 Å². The van der Waals surface area contributed by atoms with Gasteiger partial charge in [-0.2, -0.15) is 0 Å². The molecule has 0 heterocycles. The van der Waals surface area contributed by atoms with Gasteiger partial charge in [-0.15, -0.1) is 0 Å². The zero-order chi connectivity index (χ0) is 5.86. The van der Waals surface area contributed by atoms with Gasteiger partial charge in [-0.1, -0.05) is 0 Å². The third kappa shape index (κ3) is 2.20. The van der Waals surface area contributed by atoms with E-state index in [-0.39, 0.29) is 0 Å². The van der Waals surface area contributed by atoms with Gasteiger partial charge in [0.15, 0.2) is 0 Å². The van der Waals surface area contributed by atoms with Crippen LogP contribution in [-0.2, 0) is 0 Å². The molecule has 0 aliphatic carbocycles. The standard InChI is InChI=1S/C5H12N2/c1-5(6-2)7(3)4/h1-4H3/p+1. The fraction of sp³-hybridized carbons (Fsp3) is 0.800. The predicted octanol–water partition coefficient (Wildman–Crippen LogP) is -0.104. The molecule has 0 unspecified atom stereocenters. The van der Waals surface area contributed by atoms with Crippen LogP contribution in [0.15, 0.2) is 0 Å². The highest BCUT2D eigenvalue weighted by atomic mass is 15.1. The summed E-state index contributed by atoms with van der Waals surface area (Å²) in [5, 5.41) is 3.01. The fourth-order valence-electron chi connectivity index (χ4n) is 0.224. The van der Waals surface area contributed by atoms with E-state index >= 15 is 0 Å². The summed E-state index contributed by atoms with van der Waals surface area (Å²) in [5.74, 6) is 1.18. The lowest BCUT2D eigenvalue weighted by molar-refractivity contribution is -0.467. The minimum Gasteiger partial charge on any atom is -0.281 e. The summed E-state index contributed by atoms with van der Waals surface area (Å²) in [5.41, 5.74) is 0. The van der Waals surface area contributed by atoms with Crippen LogP contribution in [0.4, 0.5) is 0 Å². The largest absolute Gasteiger partial charge is 0.281 e. The molecule has 2 nitrogen and oxygen atoms in total. The first-order valence-electron chi connectivity index (χ1n) is 2.37. The van der Waals surface area contributed by atoms with Gasteiger partial charge in [0.2, 0.25) is 5.84 Å². The molecule has 0 fully saturated rings. The number of rotatable bonds is 0. The SMILES string of the molecule is CNC(C)=[N+](C)C. The molecule has 0 atom stereocenters. The second-order valence-electron chi connectivity index (χ2n) is 1.73. The molecule has 0 spiro atoms. The van der Waals surface area contributed by atoms with Crippen molar-refractivity contribution in [1.29, 1.82) is 0 Å². The molecule has 0 amide bonds. The first-order chi connectivity index (χ1) is 3.18. The van der Waals surface area contributed by atoms with Gasteiger partial charge in [0.1, 0.15) is 0 Å².